The van der Waals surface area contributed by atoms with Crippen molar-refractivity contribution in [3.8, 4) is 22.3 Å². The van der Waals surface area contributed by atoms with Gasteiger partial charge in [0.25, 0.3) is 5.91 Å². The van der Waals surface area contributed by atoms with Crippen LogP contribution in [-0.2, 0) is 33.6 Å². The summed E-state index contributed by atoms with van der Waals surface area (Å²) in [5.41, 5.74) is 20.8. The van der Waals surface area contributed by atoms with E-state index in [1.807, 2.05) is 216 Å². The molecule has 11 nitrogen and oxygen atoms in total. The maximum Gasteiger partial charge on any atom is 0.339 e. The lowest BCUT2D eigenvalue weighted by molar-refractivity contribution is 0.00578. The van der Waals surface area contributed by atoms with Crippen molar-refractivity contribution in [3.05, 3.63) is 261 Å². The van der Waals surface area contributed by atoms with Gasteiger partial charge in [-0.3, -0.25) is 4.79 Å². The van der Waals surface area contributed by atoms with Crippen LogP contribution in [0.1, 0.15) is 155 Å². The lowest BCUT2D eigenvalue weighted by Crippen LogP contribution is -2.40. The number of nitrogens with one attached hydrogen (secondary N) is 1. The van der Waals surface area contributed by atoms with Gasteiger partial charge in [0.2, 0.25) is 0 Å². The Morgan fingerprint density at radius 2 is 0.828 bits per heavy atom. The molecular weight excluding hydrogens is 1080 g/mol. The topological polar surface area (TPSA) is 155 Å². The summed E-state index contributed by atoms with van der Waals surface area (Å²) in [6.07, 6.45) is 0. The normalized spacial score (nSPS) is 11.7. The molecule has 0 radical (unpaired) electrons. The van der Waals surface area contributed by atoms with Gasteiger partial charge in [0.15, 0.2) is 0 Å². The molecule has 8 aromatic carbocycles. The van der Waals surface area contributed by atoms with E-state index in [9.17, 15) is 24.3 Å². The fourth-order valence-electron chi connectivity index (χ4n) is 10.6. The van der Waals surface area contributed by atoms with Gasteiger partial charge in [-0.2, -0.15) is 0 Å². The first-order chi connectivity index (χ1) is 41.0. The van der Waals surface area contributed by atoms with Crippen molar-refractivity contribution in [3.63, 3.8) is 0 Å². The SMILES string of the molecule is CC(C)(N)c1ccccc1.Cc1c(C)n(Cc2ccc(-c3ccccc3C(=O)OC(C)(C)C)cc2)c2ccc(C(=O)NC(C)(C)c3ccccc3)cc12.Cc1c(C)n(Cc2ccc(-c3ccccc3C(=O)OC(C)(C)C)cc2)c2ccc(C(=O)O)cc12. The zero-order valence-corrected chi connectivity index (χ0v) is 52.8. The van der Waals surface area contributed by atoms with Crippen LogP contribution >= 0.6 is 0 Å². The standard InChI is InChI=1S/C38H40N2O3.C29H29NO4.C9H13N/c1-25-26(2)40(34-22-21-29(23-33(25)34)35(41)39-38(6,7)30-13-9-8-10-14-30)24-27-17-19-28(20-18-27)31-15-11-12-16-32(31)36(42)43-37(3,4)5;1-18-19(2)30(26-15-14-22(27(31)32)16-25(18)26)17-20-10-12-21(13-11-20)23-8-6-7-9-24(23)28(33)34-29(3,4)5;1-9(2,10)8-6-4-3-5-7-8/h8-23H,24H2,1-7H3,(H,39,41);6-16H,17H2,1-5H3,(H,31,32);3-7H,10H2,1-2H3. The molecule has 0 saturated heterocycles. The Balaban J connectivity index is 0.000000198. The number of benzene rings is 8. The Labute approximate surface area is 512 Å². The van der Waals surface area contributed by atoms with Gasteiger partial charge in [-0.1, -0.05) is 146 Å². The molecule has 2 aromatic heterocycles. The number of carboxylic acids is 1. The number of carbonyl (C=O) groups is 4. The van der Waals surface area contributed by atoms with E-state index in [1.165, 1.54) is 5.56 Å². The highest BCUT2D eigenvalue weighted by molar-refractivity contribution is 6.01. The molecule has 0 aliphatic rings. The number of nitrogens with two attached hydrogens (primary N) is 1. The first-order valence-corrected chi connectivity index (χ1v) is 29.5. The number of ether oxygens (including phenoxy) is 2. The van der Waals surface area contributed by atoms with Crippen LogP contribution < -0.4 is 11.1 Å². The summed E-state index contributed by atoms with van der Waals surface area (Å²) in [7, 11) is 0. The Morgan fingerprint density at radius 1 is 0.460 bits per heavy atom. The van der Waals surface area contributed by atoms with Crippen molar-refractivity contribution in [1.82, 2.24) is 14.5 Å². The van der Waals surface area contributed by atoms with Crippen LogP contribution in [0.5, 0.6) is 0 Å². The number of nitrogens with zero attached hydrogens (tertiary/aromatic N) is 2. The van der Waals surface area contributed by atoms with Gasteiger partial charge in [-0.05, 0) is 201 Å². The predicted octanol–water partition coefficient (Wildman–Crippen LogP) is 17.1. The zero-order chi connectivity index (χ0) is 63.2. The van der Waals surface area contributed by atoms with Crippen molar-refractivity contribution in [2.75, 3.05) is 0 Å². The monoisotopic (exact) mass is 1160 g/mol. The third kappa shape index (κ3) is 15.6. The van der Waals surface area contributed by atoms with Gasteiger partial charge < -0.3 is 34.8 Å². The summed E-state index contributed by atoms with van der Waals surface area (Å²) < 4.78 is 15.7. The third-order valence-corrected chi connectivity index (χ3v) is 15.5. The van der Waals surface area contributed by atoms with E-state index in [1.54, 1.807) is 18.2 Å². The summed E-state index contributed by atoms with van der Waals surface area (Å²) in [6.45, 7) is 28.9. The molecule has 0 spiro atoms. The van der Waals surface area contributed by atoms with E-state index in [2.05, 4.69) is 71.6 Å². The van der Waals surface area contributed by atoms with Crippen LogP contribution in [0.15, 0.2) is 194 Å². The molecule has 87 heavy (non-hydrogen) atoms. The fourth-order valence-corrected chi connectivity index (χ4v) is 10.6. The molecule has 0 unspecified atom stereocenters. The highest BCUT2D eigenvalue weighted by Crippen LogP contribution is 2.33. The number of hydrogen-bond donors (Lipinski definition) is 3. The molecule has 448 valence electrons. The Hall–Kier alpha value is -9.32. The lowest BCUT2D eigenvalue weighted by atomic mass is 9.94. The second-order valence-corrected chi connectivity index (χ2v) is 25.4. The molecule has 0 aliphatic carbocycles. The van der Waals surface area contributed by atoms with Crippen LogP contribution in [0.25, 0.3) is 44.1 Å². The van der Waals surface area contributed by atoms with Crippen molar-refractivity contribution < 1.29 is 33.8 Å². The minimum atomic E-state index is -0.922. The summed E-state index contributed by atoms with van der Waals surface area (Å²) in [5.74, 6) is -1.68. The molecule has 4 N–H and O–H groups in total. The van der Waals surface area contributed by atoms with Crippen LogP contribution in [0, 0.1) is 27.7 Å². The van der Waals surface area contributed by atoms with E-state index in [0.29, 0.717) is 35.3 Å². The number of carbonyl (C=O) groups excluding carboxylic acids is 3. The van der Waals surface area contributed by atoms with Gasteiger partial charge >= 0.3 is 17.9 Å². The number of fused-ring (bicyclic) bond motifs is 2. The van der Waals surface area contributed by atoms with Crippen molar-refractivity contribution >= 4 is 45.6 Å². The van der Waals surface area contributed by atoms with Gasteiger partial charge in [0.05, 0.1) is 22.2 Å². The van der Waals surface area contributed by atoms with Crippen LogP contribution in [0.3, 0.4) is 0 Å². The number of rotatable bonds is 13. The molecule has 0 aliphatic heterocycles. The average Bonchev–Trinajstić information content (AvgIpc) is 2.38. The minimum Gasteiger partial charge on any atom is -0.478 e. The van der Waals surface area contributed by atoms with Gasteiger partial charge in [0, 0.05) is 57.4 Å². The molecule has 10 rings (SSSR count). The molecule has 0 fully saturated rings. The molecule has 0 saturated carbocycles. The molecule has 2 heterocycles. The van der Waals surface area contributed by atoms with E-state index >= 15 is 0 Å². The molecule has 0 atom stereocenters. The smallest absolute Gasteiger partial charge is 0.339 e. The van der Waals surface area contributed by atoms with E-state index in [-0.39, 0.29) is 23.4 Å². The summed E-state index contributed by atoms with van der Waals surface area (Å²) in [4.78, 5) is 50.3. The number of aromatic carboxylic acids is 1. The maximum atomic E-state index is 13.3. The van der Waals surface area contributed by atoms with Crippen molar-refractivity contribution in [1.29, 1.82) is 0 Å². The highest BCUT2D eigenvalue weighted by Gasteiger charge is 2.26. The number of amides is 1. The predicted molar refractivity (Wildman–Crippen MR) is 353 cm³/mol. The van der Waals surface area contributed by atoms with Crippen LogP contribution in [0.4, 0.5) is 0 Å². The average molecular weight is 1160 g/mol. The number of carboxylic acid groups (broad SMARTS) is 1. The molecule has 11 heteroatoms. The second kappa shape index (κ2) is 26.1. The fraction of sp³-hybridized carbons (Fsp3) is 0.263. The number of aromatic nitrogens is 2. The number of aryl methyl sites for hydroxylation is 2. The van der Waals surface area contributed by atoms with E-state index < -0.39 is 22.7 Å². The second-order valence-electron chi connectivity index (χ2n) is 25.4. The van der Waals surface area contributed by atoms with Crippen LogP contribution in [-0.4, -0.2) is 49.3 Å². The summed E-state index contributed by atoms with van der Waals surface area (Å²) in [5, 5.41) is 14.6. The maximum absolute atomic E-state index is 13.3. The Bertz CT molecular complexity index is 4100. The zero-order valence-electron chi connectivity index (χ0n) is 52.8. The van der Waals surface area contributed by atoms with Gasteiger partial charge in [-0.15, -0.1) is 0 Å². The van der Waals surface area contributed by atoms with Gasteiger partial charge in [-0.25, -0.2) is 14.4 Å². The van der Waals surface area contributed by atoms with Crippen LogP contribution in [0.2, 0.25) is 0 Å². The van der Waals surface area contributed by atoms with Gasteiger partial charge in [0.1, 0.15) is 11.2 Å². The van der Waals surface area contributed by atoms with Crippen molar-refractivity contribution in [2.24, 2.45) is 5.73 Å². The summed E-state index contributed by atoms with van der Waals surface area (Å²) in [6, 6.07) is 62.9. The summed E-state index contributed by atoms with van der Waals surface area (Å²) >= 11 is 0. The first-order valence-electron chi connectivity index (χ1n) is 29.5. The molecular formula is C76H82N4O7. The number of hydrogen-bond acceptors (Lipinski definition) is 7. The third-order valence-electron chi connectivity index (χ3n) is 15.5. The number of esters is 2. The minimum absolute atomic E-state index is 0.0946. The van der Waals surface area contributed by atoms with E-state index in [4.69, 9.17) is 15.2 Å². The molecule has 0 bridgehead atoms. The quantitative estimate of drug-likeness (QED) is 0.0964. The Kier molecular flexibility index (Phi) is 19.1. The highest BCUT2D eigenvalue weighted by atomic mass is 16.6. The van der Waals surface area contributed by atoms with E-state index in [0.717, 1.165) is 83.3 Å². The first kappa shape index (κ1) is 63.7. The lowest BCUT2D eigenvalue weighted by Gasteiger charge is -2.27. The Morgan fingerprint density at radius 3 is 1.21 bits per heavy atom. The largest absolute Gasteiger partial charge is 0.478 e. The van der Waals surface area contributed by atoms with Crippen molar-refractivity contribution in [2.45, 2.75) is 132 Å². The molecule has 1 amide bonds. The molecule has 10 aromatic rings.